The van der Waals surface area contributed by atoms with Gasteiger partial charge in [0.25, 0.3) is 11.8 Å². The van der Waals surface area contributed by atoms with Crippen molar-refractivity contribution in [2.45, 2.75) is 6.42 Å². The number of carbonyl (C=O) groups is 2. The summed E-state index contributed by atoms with van der Waals surface area (Å²) in [5.74, 6) is 0.0136. The Morgan fingerprint density at radius 1 is 1.00 bits per heavy atom. The van der Waals surface area contributed by atoms with E-state index in [0.29, 0.717) is 30.9 Å². The number of benzene rings is 2. The van der Waals surface area contributed by atoms with Crippen molar-refractivity contribution in [3.63, 3.8) is 0 Å². The normalized spacial score (nSPS) is 11.0. The van der Waals surface area contributed by atoms with Crippen molar-refractivity contribution >= 4 is 17.9 Å². The van der Waals surface area contributed by atoms with Gasteiger partial charge in [-0.25, -0.2) is 0 Å². The van der Waals surface area contributed by atoms with E-state index < -0.39 is 0 Å². The minimum Gasteiger partial charge on any atom is -0.497 e. The zero-order valence-electron chi connectivity index (χ0n) is 15.5. The van der Waals surface area contributed by atoms with Crippen LogP contribution in [0, 0.1) is 0 Å². The second-order valence-corrected chi connectivity index (χ2v) is 5.75. The van der Waals surface area contributed by atoms with Gasteiger partial charge in [-0.05, 0) is 42.3 Å². The Balaban J connectivity index is 2.17. The van der Waals surface area contributed by atoms with Crippen molar-refractivity contribution in [2.24, 2.45) is 0 Å². The van der Waals surface area contributed by atoms with E-state index in [1.165, 1.54) is 0 Å². The van der Waals surface area contributed by atoms with Gasteiger partial charge in [-0.15, -0.1) is 0 Å². The summed E-state index contributed by atoms with van der Waals surface area (Å²) < 4.78 is 10.1. The third-order valence-corrected chi connectivity index (χ3v) is 3.77. The molecule has 0 saturated carbocycles. The van der Waals surface area contributed by atoms with Gasteiger partial charge in [-0.2, -0.15) is 0 Å². The molecule has 0 aliphatic heterocycles. The van der Waals surface area contributed by atoms with Crippen LogP contribution >= 0.6 is 0 Å². The largest absolute Gasteiger partial charge is 0.497 e. The summed E-state index contributed by atoms with van der Waals surface area (Å²) in [6.45, 7) is 1.00. The van der Waals surface area contributed by atoms with Gasteiger partial charge in [0, 0.05) is 25.8 Å². The highest BCUT2D eigenvalue weighted by Crippen LogP contribution is 2.14. The van der Waals surface area contributed by atoms with Crippen molar-refractivity contribution in [1.82, 2.24) is 10.6 Å². The molecule has 0 heterocycles. The highest BCUT2D eigenvalue weighted by Gasteiger charge is 2.14. The fourth-order valence-corrected chi connectivity index (χ4v) is 2.32. The molecule has 27 heavy (non-hydrogen) atoms. The number of amides is 2. The van der Waals surface area contributed by atoms with Crippen LogP contribution in [0.15, 0.2) is 60.3 Å². The van der Waals surface area contributed by atoms with E-state index in [-0.39, 0.29) is 17.5 Å². The summed E-state index contributed by atoms with van der Waals surface area (Å²) in [7, 11) is 3.20. The first-order valence-electron chi connectivity index (χ1n) is 8.63. The summed E-state index contributed by atoms with van der Waals surface area (Å²) in [5, 5.41) is 5.49. The average molecular weight is 368 g/mol. The maximum Gasteiger partial charge on any atom is 0.267 e. The molecule has 0 aliphatic carbocycles. The second kappa shape index (κ2) is 10.8. The molecule has 6 nitrogen and oxygen atoms in total. The quantitative estimate of drug-likeness (QED) is 0.527. The molecule has 0 saturated heterocycles. The van der Waals surface area contributed by atoms with E-state index >= 15 is 0 Å². The Morgan fingerprint density at radius 2 is 1.70 bits per heavy atom. The molecule has 2 rings (SSSR count). The van der Waals surface area contributed by atoms with Gasteiger partial charge >= 0.3 is 0 Å². The van der Waals surface area contributed by atoms with Crippen LogP contribution in [0.5, 0.6) is 5.75 Å². The van der Waals surface area contributed by atoms with Gasteiger partial charge in [0.05, 0.1) is 7.11 Å². The zero-order valence-corrected chi connectivity index (χ0v) is 15.5. The molecule has 0 atom stereocenters. The van der Waals surface area contributed by atoms with Crippen LogP contribution in [-0.4, -0.2) is 39.2 Å². The maximum atomic E-state index is 12.5. The predicted molar refractivity (Wildman–Crippen MR) is 104 cm³/mol. The minimum atomic E-state index is -0.355. The molecular weight excluding hydrogens is 344 g/mol. The predicted octanol–water partition coefficient (Wildman–Crippen LogP) is 2.62. The van der Waals surface area contributed by atoms with Crippen LogP contribution < -0.4 is 15.4 Å². The topological polar surface area (TPSA) is 76.7 Å². The number of methoxy groups -OCH3 is 2. The van der Waals surface area contributed by atoms with E-state index in [2.05, 4.69) is 10.6 Å². The summed E-state index contributed by atoms with van der Waals surface area (Å²) in [4.78, 5) is 25.0. The number of ether oxygens (including phenoxy) is 2. The lowest BCUT2D eigenvalue weighted by Crippen LogP contribution is -2.35. The number of hydrogen-bond donors (Lipinski definition) is 2. The first-order valence-corrected chi connectivity index (χ1v) is 8.63. The molecule has 0 radical (unpaired) electrons. The van der Waals surface area contributed by atoms with Crippen LogP contribution in [0.4, 0.5) is 0 Å². The zero-order chi connectivity index (χ0) is 19.5. The Kier molecular flexibility index (Phi) is 8.06. The minimum absolute atomic E-state index is 0.173. The smallest absolute Gasteiger partial charge is 0.267 e. The van der Waals surface area contributed by atoms with Crippen molar-refractivity contribution in [2.75, 3.05) is 27.4 Å². The van der Waals surface area contributed by atoms with Gasteiger partial charge in [-0.1, -0.05) is 30.3 Å². The summed E-state index contributed by atoms with van der Waals surface area (Å²) >= 11 is 0. The van der Waals surface area contributed by atoms with Crippen molar-refractivity contribution < 1.29 is 19.1 Å². The molecule has 2 N–H and O–H groups in total. The van der Waals surface area contributed by atoms with Gasteiger partial charge in [-0.3, -0.25) is 9.59 Å². The maximum absolute atomic E-state index is 12.5. The lowest BCUT2D eigenvalue weighted by Gasteiger charge is -2.11. The summed E-state index contributed by atoms with van der Waals surface area (Å²) in [6.07, 6.45) is 2.32. The molecule has 6 heteroatoms. The number of rotatable bonds is 9. The average Bonchev–Trinajstić information content (AvgIpc) is 2.71. The number of carbonyl (C=O) groups excluding carboxylic acids is 2. The van der Waals surface area contributed by atoms with Gasteiger partial charge in [0.2, 0.25) is 0 Å². The van der Waals surface area contributed by atoms with E-state index in [1.54, 1.807) is 56.7 Å². The molecular formula is C21H24N2O4. The van der Waals surface area contributed by atoms with Crippen molar-refractivity contribution in [3.8, 4) is 5.75 Å². The summed E-state index contributed by atoms with van der Waals surface area (Å²) in [5.41, 5.74) is 1.42. The monoisotopic (exact) mass is 368 g/mol. The van der Waals surface area contributed by atoms with E-state index in [9.17, 15) is 9.59 Å². The SMILES string of the molecule is COCCCNC(=O)C(=Cc1ccc(OC)cc1)NC(=O)c1ccccc1. The van der Waals surface area contributed by atoms with Gasteiger partial charge in [0.1, 0.15) is 11.4 Å². The van der Waals surface area contributed by atoms with Crippen LogP contribution in [0.2, 0.25) is 0 Å². The molecule has 0 aliphatic rings. The van der Waals surface area contributed by atoms with Crippen LogP contribution in [-0.2, 0) is 9.53 Å². The number of hydrogen-bond acceptors (Lipinski definition) is 4. The Labute approximate surface area is 159 Å². The van der Waals surface area contributed by atoms with Crippen molar-refractivity contribution in [1.29, 1.82) is 0 Å². The molecule has 2 aromatic rings. The lowest BCUT2D eigenvalue weighted by molar-refractivity contribution is -0.117. The summed E-state index contributed by atoms with van der Waals surface area (Å²) in [6, 6.07) is 16.0. The van der Waals surface area contributed by atoms with Gasteiger partial charge < -0.3 is 20.1 Å². The third-order valence-electron chi connectivity index (χ3n) is 3.77. The fraction of sp³-hybridized carbons (Fsp3) is 0.238. The Morgan fingerprint density at radius 3 is 2.33 bits per heavy atom. The molecule has 2 amide bonds. The molecule has 2 aromatic carbocycles. The molecule has 0 aromatic heterocycles. The fourth-order valence-electron chi connectivity index (χ4n) is 2.32. The Bertz CT molecular complexity index is 771. The van der Waals surface area contributed by atoms with E-state index in [1.807, 2.05) is 18.2 Å². The highest BCUT2D eigenvalue weighted by molar-refractivity contribution is 6.05. The molecule has 0 unspecified atom stereocenters. The lowest BCUT2D eigenvalue weighted by atomic mass is 10.1. The first-order chi connectivity index (χ1) is 13.1. The molecule has 142 valence electrons. The van der Waals surface area contributed by atoms with Crippen LogP contribution in [0.1, 0.15) is 22.3 Å². The molecule has 0 bridgehead atoms. The molecule has 0 fully saturated rings. The van der Waals surface area contributed by atoms with Crippen LogP contribution in [0.3, 0.4) is 0 Å². The Hall–Kier alpha value is -3.12. The third kappa shape index (κ3) is 6.60. The van der Waals surface area contributed by atoms with Gasteiger partial charge in [0.15, 0.2) is 0 Å². The first kappa shape index (κ1) is 20.2. The molecule has 0 spiro atoms. The van der Waals surface area contributed by atoms with Crippen LogP contribution in [0.25, 0.3) is 6.08 Å². The standard InChI is InChI=1S/C21H24N2O4/c1-26-14-6-13-22-21(25)19(15-16-9-11-18(27-2)12-10-16)23-20(24)17-7-4-3-5-8-17/h3-5,7-12,15H,6,13-14H2,1-2H3,(H,22,25)(H,23,24). The van der Waals surface area contributed by atoms with E-state index in [4.69, 9.17) is 9.47 Å². The van der Waals surface area contributed by atoms with E-state index in [0.717, 1.165) is 5.56 Å². The van der Waals surface area contributed by atoms with Crippen molar-refractivity contribution in [3.05, 3.63) is 71.4 Å². The second-order valence-electron chi connectivity index (χ2n) is 5.75. The number of nitrogens with one attached hydrogen (secondary N) is 2. The highest BCUT2D eigenvalue weighted by atomic mass is 16.5.